The van der Waals surface area contributed by atoms with E-state index in [0.29, 0.717) is 42.4 Å². The summed E-state index contributed by atoms with van der Waals surface area (Å²) in [7, 11) is 0.546. The fourth-order valence-corrected chi connectivity index (χ4v) is 2.91. The summed E-state index contributed by atoms with van der Waals surface area (Å²) in [6, 6.07) is 0. The molecular formula is C12H28O4Si. The highest BCUT2D eigenvalue weighted by Gasteiger charge is 2.50. The predicted octanol–water partition coefficient (Wildman–Crippen LogP) is 0.850. The fraction of sp³-hybridized carbons (Fsp3) is 1.00. The summed E-state index contributed by atoms with van der Waals surface area (Å²) in [6.45, 7) is 11.2. The van der Waals surface area contributed by atoms with Crippen molar-refractivity contribution in [2.24, 2.45) is 5.92 Å². The van der Waals surface area contributed by atoms with Crippen molar-refractivity contribution in [2.75, 3.05) is 19.8 Å². The van der Waals surface area contributed by atoms with Gasteiger partial charge in [0.15, 0.2) is 5.41 Å². The monoisotopic (exact) mass is 264 g/mol. The summed E-state index contributed by atoms with van der Waals surface area (Å²) in [5.41, 5.74) is -0.989. The van der Waals surface area contributed by atoms with Gasteiger partial charge in [0.05, 0.1) is 10.2 Å². The van der Waals surface area contributed by atoms with Gasteiger partial charge >= 0.3 is 0 Å². The van der Waals surface area contributed by atoms with E-state index in [0.717, 1.165) is 0 Å². The van der Waals surface area contributed by atoms with E-state index in [1.54, 1.807) is 0 Å². The van der Waals surface area contributed by atoms with Crippen LogP contribution in [0.5, 0.6) is 0 Å². The highest BCUT2D eigenvalue weighted by atomic mass is 28.1. The minimum Gasteiger partial charge on any atom is -0.362 e. The second-order valence-electron chi connectivity index (χ2n) is 4.63. The molecule has 0 saturated carbocycles. The minimum atomic E-state index is -1.35. The molecule has 0 amide bonds. The highest BCUT2D eigenvalue weighted by molar-refractivity contribution is 6.14. The molecule has 0 spiro atoms. The van der Waals surface area contributed by atoms with Gasteiger partial charge in [0, 0.05) is 26.2 Å². The van der Waals surface area contributed by atoms with Crippen LogP contribution in [0, 0.1) is 5.92 Å². The van der Waals surface area contributed by atoms with Gasteiger partial charge in [-0.1, -0.05) is 13.8 Å². The lowest BCUT2D eigenvalue weighted by Gasteiger charge is -2.44. The van der Waals surface area contributed by atoms with E-state index < -0.39 is 11.2 Å². The predicted molar refractivity (Wildman–Crippen MR) is 72.0 cm³/mol. The van der Waals surface area contributed by atoms with Gasteiger partial charge in [0.2, 0.25) is 5.79 Å². The van der Waals surface area contributed by atoms with E-state index in [2.05, 4.69) is 0 Å². The van der Waals surface area contributed by atoms with Gasteiger partial charge in [-0.05, 0) is 26.7 Å². The van der Waals surface area contributed by atoms with Gasteiger partial charge in [0.1, 0.15) is 0 Å². The lowest BCUT2D eigenvalue weighted by Crippen LogP contribution is -2.60. The minimum absolute atomic E-state index is 0.306. The summed E-state index contributed by atoms with van der Waals surface area (Å²) in [5, 5.41) is 10.7. The van der Waals surface area contributed by atoms with E-state index in [-0.39, 0.29) is 0 Å². The van der Waals surface area contributed by atoms with Gasteiger partial charge < -0.3 is 19.3 Å². The maximum atomic E-state index is 10.7. The molecule has 0 aromatic carbocycles. The molecule has 1 unspecified atom stereocenters. The third kappa shape index (κ3) is 4.67. The molecule has 0 saturated heterocycles. The molecule has 0 aliphatic heterocycles. The van der Waals surface area contributed by atoms with Crippen molar-refractivity contribution in [2.45, 2.75) is 52.2 Å². The second kappa shape index (κ2) is 7.48. The Bertz CT molecular complexity index is 205. The lowest BCUT2D eigenvalue weighted by molar-refractivity contribution is -0.363. The molecule has 104 valence electrons. The Morgan fingerprint density at radius 3 is 1.71 bits per heavy atom. The van der Waals surface area contributed by atoms with Crippen LogP contribution in [0.1, 0.15) is 41.0 Å². The molecule has 0 bridgehead atoms. The molecule has 1 atom stereocenters. The van der Waals surface area contributed by atoms with E-state index in [1.807, 2.05) is 34.6 Å². The summed E-state index contributed by atoms with van der Waals surface area (Å²) < 4.78 is 16.9. The van der Waals surface area contributed by atoms with Crippen molar-refractivity contribution in [1.29, 1.82) is 0 Å². The standard InChI is InChI=1S/C12H28O4Si/c1-6-14-11(13,9-10(4)5)12(17,15-7-2)16-8-3/h10,13H,6-9H2,1-5,17H3. The Morgan fingerprint density at radius 2 is 1.41 bits per heavy atom. The van der Waals surface area contributed by atoms with Crippen molar-refractivity contribution in [3.05, 3.63) is 0 Å². The first kappa shape index (κ1) is 17.1. The Morgan fingerprint density at radius 1 is 1.00 bits per heavy atom. The SMILES string of the molecule is CCOC(O)(CC(C)C)C([SiH3])(OCC)OCC. The number of hydrogen-bond donors (Lipinski definition) is 1. The van der Waals surface area contributed by atoms with Crippen LogP contribution in [0.15, 0.2) is 0 Å². The summed E-state index contributed by atoms with van der Waals surface area (Å²) >= 11 is 0. The van der Waals surface area contributed by atoms with Crippen LogP contribution in [0.25, 0.3) is 0 Å². The number of hydrogen-bond acceptors (Lipinski definition) is 4. The van der Waals surface area contributed by atoms with Gasteiger partial charge in [-0.2, -0.15) is 0 Å². The third-order valence-corrected chi connectivity index (χ3v) is 3.98. The summed E-state index contributed by atoms with van der Waals surface area (Å²) in [6.07, 6.45) is 0.504. The molecule has 0 aromatic heterocycles. The molecule has 1 N–H and O–H groups in total. The van der Waals surface area contributed by atoms with Crippen LogP contribution >= 0.6 is 0 Å². The normalized spacial score (nSPS) is 16.4. The summed E-state index contributed by atoms with van der Waals surface area (Å²) in [5.74, 6) is -1.05. The zero-order valence-corrected chi connectivity index (χ0v) is 14.1. The first-order chi connectivity index (χ1) is 7.85. The van der Waals surface area contributed by atoms with Gasteiger partial charge in [-0.15, -0.1) is 0 Å². The molecular weight excluding hydrogens is 236 g/mol. The summed E-state index contributed by atoms with van der Waals surface area (Å²) in [4.78, 5) is 0. The lowest BCUT2D eigenvalue weighted by atomic mass is 10.0. The Hall–Kier alpha value is 0.0569. The molecule has 17 heavy (non-hydrogen) atoms. The van der Waals surface area contributed by atoms with Crippen LogP contribution < -0.4 is 0 Å². The maximum Gasteiger partial charge on any atom is 0.216 e. The average Bonchev–Trinajstić information content (AvgIpc) is 2.17. The van der Waals surface area contributed by atoms with Crippen LogP contribution in [-0.2, 0) is 14.2 Å². The van der Waals surface area contributed by atoms with E-state index in [4.69, 9.17) is 14.2 Å². The van der Waals surface area contributed by atoms with Crippen LogP contribution in [-0.4, -0.2) is 46.4 Å². The van der Waals surface area contributed by atoms with Crippen molar-refractivity contribution >= 4 is 10.2 Å². The van der Waals surface area contributed by atoms with Gasteiger partial charge in [-0.3, -0.25) is 0 Å². The third-order valence-electron chi connectivity index (χ3n) is 2.62. The molecule has 0 fully saturated rings. The molecule has 0 heterocycles. The fourth-order valence-electron chi connectivity index (χ4n) is 1.99. The first-order valence-electron chi connectivity index (χ1n) is 6.49. The van der Waals surface area contributed by atoms with E-state index in [1.165, 1.54) is 0 Å². The van der Waals surface area contributed by atoms with E-state index >= 15 is 0 Å². The van der Waals surface area contributed by atoms with E-state index in [9.17, 15) is 5.11 Å². The van der Waals surface area contributed by atoms with Gasteiger partial charge in [0.25, 0.3) is 0 Å². The molecule has 0 aliphatic rings. The van der Waals surface area contributed by atoms with Crippen LogP contribution in [0.4, 0.5) is 0 Å². The van der Waals surface area contributed by atoms with Crippen LogP contribution in [0.3, 0.4) is 0 Å². The second-order valence-corrected chi connectivity index (χ2v) is 5.94. The molecule has 0 aliphatic carbocycles. The molecule has 0 aromatic rings. The van der Waals surface area contributed by atoms with Crippen LogP contribution in [0.2, 0.25) is 0 Å². The number of rotatable bonds is 9. The first-order valence-corrected chi connectivity index (χ1v) is 7.49. The smallest absolute Gasteiger partial charge is 0.216 e. The highest BCUT2D eigenvalue weighted by Crippen LogP contribution is 2.32. The zero-order chi connectivity index (χ0) is 13.5. The molecule has 5 heteroatoms. The van der Waals surface area contributed by atoms with Crippen molar-refractivity contribution in [3.63, 3.8) is 0 Å². The quantitative estimate of drug-likeness (QED) is 0.495. The average molecular weight is 264 g/mol. The van der Waals surface area contributed by atoms with Crippen molar-refractivity contribution in [3.8, 4) is 0 Å². The Balaban J connectivity index is 5.04. The zero-order valence-electron chi connectivity index (χ0n) is 12.1. The number of aliphatic hydroxyl groups is 1. The van der Waals surface area contributed by atoms with Gasteiger partial charge in [-0.25, -0.2) is 0 Å². The number of ether oxygens (including phenoxy) is 3. The molecule has 0 rings (SSSR count). The Labute approximate surface area is 108 Å². The molecule has 0 radical (unpaired) electrons. The topological polar surface area (TPSA) is 47.9 Å². The van der Waals surface area contributed by atoms with Crippen molar-refractivity contribution in [1.82, 2.24) is 0 Å². The van der Waals surface area contributed by atoms with Crippen molar-refractivity contribution < 1.29 is 19.3 Å². The maximum absolute atomic E-state index is 10.7. The Kier molecular flexibility index (Phi) is 7.51. The molecule has 4 nitrogen and oxygen atoms in total. The largest absolute Gasteiger partial charge is 0.362 e.